The number of amides is 2. The summed E-state index contributed by atoms with van der Waals surface area (Å²) in [6.45, 7) is 2.53. The van der Waals surface area contributed by atoms with Gasteiger partial charge in [0.2, 0.25) is 5.91 Å². The van der Waals surface area contributed by atoms with Crippen LogP contribution in [0.1, 0.15) is 30.1 Å². The second kappa shape index (κ2) is 9.82. The summed E-state index contributed by atoms with van der Waals surface area (Å²) in [5.41, 5.74) is 0.716. The third-order valence-electron chi connectivity index (χ3n) is 3.53. The number of rotatable bonds is 8. The number of nitrogens with one attached hydrogen (secondary N) is 2. The molecule has 2 amide bonds. The van der Waals surface area contributed by atoms with E-state index in [2.05, 4.69) is 33.5 Å². The first-order chi connectivity index (χ1) is 12.5. The van der Waals surface area contributed by atoms with Gasteiger partial charge in [-0.05, 0) is 48.9 Å². The quantitative estimate of drug-likeness (QED) is 0.448. The van der Waals surface area contributed by atoms with Gasteiger partial charge in [-0.3, -0.25) is 9.59 Å². The van der Waals surface area contributed by atoms with Gasteiger partial charge in [-0.1, -0.05) is 29.3 Å². The molecule has 2 rings (SSSR count). The standard InChI is InChI=1S/C19H21BrN2O4/c1-2-3-10-26-15-7-4-13(5-8-15)19(25)21-12-18(24)22-16-9-6-14(20)11-17(16)23/h4-9,11,23H,2-3,10,12H2,1H3,(H,21,25)(H,22,24). The minimum Gasteiger partial charge on any atom is -0.506 e. The molecule has 0 aromatic heterocycles. The van der Waals surface area contributed by atoms with Gasteiger partial charge in [-0.25, -0.2) is 0 Å². The molecule has 0 atom stereocenters. The number of carbonyl (C=O) groups is 2. The molecule has 0 spiro atoms. The Hall–Kier alpha value is -2.54. The van der Waals surface area contributed by atoms with Crippen molar-refractivity contribution in [2.24, 2.45) is 0 Å². The van der Waals surface area contributed by atoms with E-state index in [0.29, 0.717) is 22.4 Å². The summed E-state index contributed by atoms with van der Waals surface area (Å²) >= 11 is 3.22. The molecule has 0 radical (unpaired) electrons. The summed E-state index contributed by atoms with van der Waals surface area (Å²) in [6.07, 6.45) is 2.03. The van der Waals surface area contributed by atoms with Crippen LogP contribution in [0.4, 0.5) is 5.69 Å². The molecule has 0 saturated carbocycles. The normalized spacial score (nSPS) is 10.2. The molecular formula is C19H21BrN2O4. The van der Waals surface area contributed by atoms with Gasteiger partial charge in [0.1, 0.15) is 11.5 Å². The van der Waals surface area contributed by atoms with Crippen molar-refractivity contribution in [3.8, 4) is 11.5 Å². The molecule has 6 nitrogen and oxygen atoms in total. The van der Waals surface area contributed by atoms with Crippen molar-refractivity contribution in [1.82, 2.24) is 5.32 Å². The molecule has 7 heteroatoms. The Labute approximate surface area is 160 Å². The molecule has 2 aromatic rings. The van der Waals surface area contributed by atoms with E-state index in [1.165, 1.54) is 6.07 Å². The van der Waals surface area contributed by atoms with Crippen LogP contribution in [0.25, 0.3) is 0 Å². The number of benzene rings is 2. The average Bonchev–Trinajstić information content (AvgIpc) is 2.63. The third kappa shape index (κ3) is 6.07. The number of phenols is 1. The molecule has 0 fully saturated rings. The highest BCUT2D eigenvalue weighted by molar-refractivity contribution is 9.10. The minimum atomic E-state index is -0.435. The van der Waals surface area contributed by atoms with E-state index in [4.69, 9.17) is 4.74 Å². The van der Waals surface area contributed by atoms with Crippen molar-refractivity contribution >= 4 is 33.4 Å². The van der Waals surface area contributed by atoms with E-state index >= 15 is 0 Å². The molecule has 0 saturated heterocycles. The molecule has 0 heterocycles. The van der Waals surface area contributed by atoms with Crippen molar-refractivity contribution in [2.45, 2.75) is 19.8 Å². The summed E-state index contributed by atoms with van der Waals surface area (Å²) in [7, 11) is 0. The number of carbonyl (C=O) groups excluding carboxylic acids is 2. The van der Waals surface area contributed by atoms with Gasteiger partial charge in [0.25, 0.3) is 5.91 Å². The number of anilines is 1. The van der Waals surface area contributed by atoms with Crippen LogP contribution in [0.5, 0.6) is 11.5 Å². The molecule has 0 bridgehead atoms. The van der Waals surface area contributed by atoms with Crippen LogP contribution >= 0.6 is 15.9 Å². The number of hydrogen-bond donors (Lipinski definition) is 3. The van der Waals surface area contributed by atoms with E-state index < -0.39 is 5.91 Å². The summed E-state index contributed by atoms with van der Waals surface area (Å²) in [5.74, 6) is -0.146. The lowest BCUT2D eigenvalue weighted by molar-refractivity contribution is -0.115. The topological polar surface area (TPSA) is 87.7 Å². The largest absolute Gasteiger partial charge is 0.506 e. The predicted molar refractivity (Wildman–Crippen MR) is 104 cm³/mol. The number of phenolic OH excluding ortho intramolecular Hbond substituents is 1. The van der Waals surface area contributed by atoms with Crippen LogP contribution in [-0.4, -0.2) is 30.1 Å². The van der Waals surface area contributed by atoms with Crippen molar-refractivity contribution in [3.63, 3.8) is 0 Å². The van der Waals surface area contributed by atoms with Gasteiger partial charge in [0, 0.05) is 10.0 Å². The van der Waals surface area contributed by atoms with E-state index in [9.17, 15) is 14.7 Å². The molecule has 2 aromatic carbocycles. The molecule has 3 N–H and O–H groups in total. The van der Waals surface area contributed by atoms with Gasteiger partial charge in [0.05, 0.1) is 18.8 Å². The lowest BCUT2D eigenvalue weighted by atomic mass is 10.2. The highest BCUT2D eigenvalue weighted by atomic mass is 79.9. The van der Waals surface area contributed by atoms with Gasteiger partial charge in [-0.2, -0.15) is 0 Å². The maximum absolute atomic E-state index is 12.1. The van der Waals surface area contributed by atoms with Crippen molar-refractivity contribution in [1.29, 1.82) is 0 Å². The molecule has 0 aliphatic heterocycles. The van der Waals surface area contributed by atoms with Crippen molar-refractivity contribution in [2.75, 3.05) is 18.5 Å². The zero-order chi connectivity index (χ0) is 18.9. The Morgan fingerprint density at radius 2 is 1.88 bits per heavy atom. The molecule has 26 heavy (non-hydrogen) atoms. The number of halogens is 1. The van der Waals surface area contributed by atoms with E-state index in [1.807, 2.05) is 0 Å². The highest BCUT2D eigenvalue weighted by Gasteiger charge is 2.10. The van der Waals surface area contributed by atoms with E-state index in [0.717, 1.165) is 12.8 Å². The van der Waals surface area contributed by atoms with Crippen LogP contribution in [0, 0.1) is 0 Å². The first-order valence-electron chi connectivity index (χ1n) is 8.29. The van der Waals surface area contributed by atoms with Gasteiger partial charge in [-0.15, -0.1) is 0 Å². The highest BCUT2D eigenvalue weighted by Crippen LogP contribution is 2.26. The first-order valence-corrected chi connectivity index (χ1v) is 9.08. The number of aromatic hydroxyl groups is 1. The third-order valence-corrected chi connectivity index (χ3v) is 4.02. The van der Waals surface area contributed by atoms with Crippen LogP contribution in [0.3, 0.4) is 0 Å². The Balaban J connectivity index is 1.82. The Kier molecular flexibility index (Phi) is 7.47. The lowest BCUT2D eigenvalue weighted by Gasteiger charge is -2.09. The molecular weight excluding hydrogens is 400 g/mol. The molecule has 0 unspecified atom stereocenters. The number of unbranched alkanes of at least 4 members (excludes halogenated alkanes) is 1. The summed E-state index contributed by atoms with van der Waals surface area (Å²) in [6, 6.07) is 11.5. The molecule has 0 aliphatic carbocycles. The smallest absolute Gasteiger partial charge is 0.251 e. The average molecular weight is 421 g/mol. The summed E-state index contributed by atoms with van der Waals surface area (Å²) < 4.78 is 6.24. The second-order valence-corrected chi connectivity index (χ2v) is 6.53. The van der Waals surface area contributed by atoms with Crippen molar-refractivity contribution < 1.29 is 19.4 Å². The van der Waals surface area contributed by atoms with Gasteiger partial charge < -0.3 is 20.5 Å². The van der Waals surface area contributed by atoms with Crippen LogP contribution < -0.4 is 15.4 Å². The van der Waals surface area contributed by atoms with Crippen LogP contribution in [-0.2, 0) is 4.79 Å². The SMILES string of the molecule is CCCCOc1ccc(C(=O)NCC(=O)Nc2ccc(Br)cc2O)cc1. The zero-order valence-corrected chi connectivity index (χ0v) is 16.0. The minimum absolute atomic E-state index is 0.0577. The fourth-order valence-corrected chi connectivity index (χ4v) is 2.45. The predicted octanol–water partition coefficient (Wildman–Crippen LogP) is 3.70. The van der Waals surface area contributed by atoms with Crippen LogP contribution in [0.15, 0.2) is 46.9 Å². The fourth-order valence-electron chi connectivity index (χ4n) is 2.10. The van der Waals surface area contributed by atoms with Gasteiger partial charge >= 0.3 is 0 Å². The molecule has 0 aliphatic rings. The molecule has 138 valence electrons. The maximum Gasteiger partial charge on any atom is 0.251 e. The summed E-state index contributed by atoms with van der Waals surface area (Å²) in [4.78, 5) is 24.0. The van der Waals surface area contributed by atoms with Gasteiger partial charge in [0.15, 0.2) is 0 Å². The monoisotopic (exact) mass is 420 g/mol. The Bertz CT molecular complexity index is 763. The fraction of sp³-hybridized carbons (Fsp3) is 0.263. The second-order valence-electron chi connectivity index (χ2n) is 5.62. The summed E-state index contributed by atoms with van der Waals surface area (Å²) in [5, 5.41) is 14.8. The number of ether oxygens (including phenoxy) is 1. The Morgan fingerprint density at radius 3 is 2.54 bits per heavy atom. The maximum atomic E-state index is 12.1. The van der Waals surface area contributed by atoms with E-state index in [1.54, 1.807) is 36.4 Å². The number of hydrogen-bond acceptors (Lipinski definition) is 4. The Morgan fingerprint density at radius 1 is 1.15 bits per heavy atom. The van der Waals surface area contributed by atoms with Crippen molar-refractivity contribution in [3.05, 3.63) is 52.5 Å². The van der Waals surface area contributed by atoms with Crippen LogP contribution in [0.2, 0.25) is 0 Å². The van der Waals surface area contributed by atoms with E-state index in [-0.39, 0.29) is 23.9 Å². The lowest BCUT2D eigenvalue weighted by Crippen LogP contribution is -2.32. The first kappa shape index (κ1) is 19.8. The zero-order valence-electron chi connectivity index (χ0n) is 14.4.